The van der Waals surface area contributed by atoms with E-state index in [0.29, 0.717) is 0 Å². The van der Waals surface area contributed by atoms with Crippen LogP contribution in [0.15, 0.2) is 0 Å². The fourth-order valence-electron chi connectivity index (χ4n) is 0.700. The zero-order chi connectivity index (χ0) is 8.85. The Morgan fingerprint density at radius 3 is 2.42 bits per heavy atom. The molecule has 1 atom stereocenters. The van der Waals surface area contributed by atoms with Crippen LogP contribution in [-0.2, 0) is 4.79 Å². The van der Waals surface area contributed by atoms with Crippen LogP contribution in [0.3, 0.4) is 0 Å². The Morgan fingerprint density at radius 1 is 1.58 bits per heavy atom. The van der Waals surface area contributed by atoms with E-state index in [1.165, 1.54) is 4.90 Å². The van der Waals surface area contributed by atoms with Gasteiger partial charge in [-0.1, -0.05) is 0 Å². The Balaban J connectivity index is 0. The monoisotopic (exact) mass is 212 g/mol. The van der Waals surface area contributed by atoms with Gasteiger partial charge in [-0.15, -0.1) is 12.4 Å². The maximum Gasteiger partial charge on any atom is 0.238 e. The number of hydrogen-bond acceptors (Lipinski definition) is 3. The van der Waals surface area contributed by atoms with Gasteiger partial charge >= 0.3 is 0 Å². The highest BCUT2D eigenvalue weighted by molar-refractivity contribution is 7.98. The second-order valence-electron chi connectivity index (χ2n) is 2.62. The molecule has 5 heteroatoms. The first-order valence-electron chi connectivity index (χ1n) is 3.55. The van der Waals surface area contributed by atoms with Gasteiger partial charge in [0.25, 0.3) is 0 Å². The van der Waals surface area contributed by atoms with Crippen molar-refractivity contribution >= 4 is 30.1 Å². The van der Waals surface area contributed by atoms with Crippen LogP contribution in [0.25, 0.3) is 0 Å². The fourth-order valence-corrected chi connectivity index (χ4v) is 1.19. The molecule has 0 aliphatic carbocycles. The lowest BCUT2D eigenvalue weighted by molar-refractivity contribution is -0.130. The molecule has 0 aliphatic heterocycles. The van der Waals surface area contributed by atoms with E-state index in [9.17, 15) is 4.79 Å². The summed E-state index contributed by atoms with van der Waals surface area (Å²) >= 11 is 1.71. The number of carbonyl (C=O) groups is 1. The third kappa shape index (κ3) is 5.69. The quantitative estimate of drug-likeness (QED) is 0.742. The molecule has 2 N–H and O–H groups in total. The number of hydrogen-bond donors (Lipinski definition) is 1. The standard InChI is InChI=1S/C7H16N2OS.ClH/c1-9(2)7(10)6(8)4-5-11-3;/h6H,4-5,8H2,1-3H3;1H/t6-;/m0./s1. The molecule has 3 nitrogen and oxygen atoms in total. The summed E-state index contributed by atoms with van der Waals surface area (Å²) < 4.78 is 0. The van der Waals surface area contributed by atoms with Crippen molar-refractivity contribution < 1.29 is 4.79 Å². The lowest BCUT2D eigenvalue weighted by atomic mass is 10.2. The van der Waals surface area contributed by atoms with E-state index in [4.69, 9.17) is 5.73 Å². The van der Waals surface area contributed by atoms with E-state index in [2.05, 4.69) is 0 Å². The molecule has 74 valence electrons. The molecule has 0 rings (SSSR count). The Hall–Kier alpha value is 0.0700. The Kier molecular flexibility index (Phi) is 9.37. The van der Waals surface area contributed by atoms with Gasteiger partial charge in [0.2, 0.25) is 5.91 Å². The molecule has 0 heterocycles. The third-order valence-corrected chi connectivity index (χ3v) is 2.03. The second kappa shape index (κ2) is 7.71. The highest BCUT2D eigenvalue weighted by Crippen LogP contribution is 2.00. The van der Waals surface area contributed by atoms with Crippen molar-refractivity contribution in [2.75, 3.05) is 26.1 Å². The molecule has 0 spiro atoms. The number of carbonyl (C=O) groups excluding carboxylic acids is 1. The zero-order valence-corrected chi connectivity index (χ0v) is 9.37. The van der Waals surface area contributed by atoms with Gasteiger partial charge in [0, 0.05) is 14.1 Å². The van der Waals surface area contributed by atoms with Crippen molar-refractivity contribution in [2.24, 2.45) is 5.73 Å². The van der Waals surface area contributed by atoms with E-state index in [-0.39, 0.29) is 24.4 Å². The maximum absolute atomic E-state index is 11.1. The fraction of sp³-hybridized carbons (Fsp3) is 0.857. The minimum atomic E-state index is -0.322. The Morgan fingerprint density at radius 2 is 2.08 bits per heavy atom. The second-order valence-corrected chi connectivity index (χ2v) is 3.61. The normalized spacial score (nSPS) is 11.7. The van der Waals surface area contributed by atoms with Crippen LogP contribution in [0.1, 0.15) is 6.42 Å². The van der Waals surface area contributed by atoms with Crippen LogP contribution in [0.5, 0.6) is 0 Å². The van der Waals surface area contributed by atoms with E-state index < -0.39 is 0 Å². The van der Waals surface area contributed by atoms with Crippen molar-refractivity contribution in [1.29, 1.82) is 0 Å². The average Bonchev–Trinajstić information content (AvgIpc) is 1.98. The Bertz CT molecular complexity index is 133. The molecule has 0 unspecified atom stereocenters. The van der Waals surface area contributed by atoms with Crippen molar-refractivity contribution in [3.8, 4) is 0 Å². The van der Waals surface area contributed by atoms with Gasteiger partial charge in [0.05, 0.1) is 6.04 Å². The van der Waals surface area contributed by atoms with Crippen molar-refractivity contribution in [2.45, 2.75) is 12.5 Å². The van der Waals surface area contributed by atoms with Crippen LogP contribution in [0, 0.1) is 0 Å². The van der Waals surface area contributed by atoms with Crippen molar-refractivity contribution in [3.05, 3.63) is 0 Å². The smallest absolute Gasteiger partial charge is 0.238 e. The lowest BCUT2D eigenvalue weighted by Crippen LogP contribution is -2.40. The summed E-state index contributed by atoms with van der Waals surface area (Å²) in [4.78, 5) is 12.7. The van der Waals surface area contributed by atoms with Gasteiger partial charge in [-0.3, -0.25) is 4.79 Å². The number of rotatable bonds is 4. The Labute approximate surface area is 84.5 Å². The topological polar surface area (TPSA) is 46.3 Å². The molecular weight excluding hydrogens is 196 g/mol. The van der Waals surface area contributed by atoms with Gasteiger partial charge in [-0.05, 0) is 18.4 Å². The van der Waals surface area contributed by atoms with E-state index in [0.717, 1.165) is 12.2 Å². The number of nitrogens with two attached hydrogens (primary N) is 1. The summed E-state index contributed by atoms with van der Waals surface area (Å²) in [5, 5.41) is 0. The molecule has 0 aromatic heterocycles. The first kappa shape index (κ1) is 14.6. The van der Waals surface area contributed by atoms with Gasteiger partial charge in [0.1, 0.15) is 0 Å². The average molecular weight is 213 g/mol. The molecule has 0 bridgehead atoms. The summed E-state index contributed by atoms with van der Waals surface area (Å²) in [6, 6.07) is -0.322. The molecule has 0 fully saturated rings. The first-order chi connectivity index (χ1) is 5.09. The largest absolute Gasteiger partial charge is 0.347 e. The van der Waals surface area contributed by atoms with Gasteiger partial charge in [-0.2, -0.15) is 11.8 Å². The molecular formula is C7H17ClN2OS. The zero-order valence-electron chi connectivity index (χ0n) is 7.74. The highest BCUT2D eigenvalue weighted by atomic mass is 35.5. The van der Waals surface area contributed by atoms with Crippen molar-refractivity contribution in [1.82, 2.24) is 4.90 Å². The molecule has 0 saturated carbocycles. The number of halogens is 1. The lowest BCUT2D eigenvalue weighted by Gasteiger charge is -2.15. The van der Waals surface area contributed by atoms with Gasteiger partial charge < -0.3 is 10.6 Å². The van der Waals surface area contributed by atoms with Crippen LogP contribution in [0.2, 0.25) is 0 Å². The van der Waals surface area contributed by atoms with E-state index >= 15 is 0 Å². The highest BCUT2D eigenvalue weighted by Gasteiger charge is 2.13. The third-order valence-electron chi connectivity index (χ3n) is 1.39. The summed E-state index contributed by atoms with van der Waals surface area (Å²) in [5.41, 5.74) is 5.60. The molecule has 0 aromatic carbocycles. The van der Waals surface area contributed by atoms with Crippen molar-refractivity contribution in [3.63, 3.8) is 0 Å². The summed E-state index contributed by atoms with van der Waals surface area (Å²) in [7, 11) is 3.45. The SMILES string of the molecule is CSCC[C@H](N)C(=O)N(C)C.Cl. The maximum atomic E-state index is 11.1. The molecule has 1 amide bonds. The number of nitrogens with zero attached hydrogens (tertiary/aromatic N) is 1. The van der Waals surface area contributed by atoms with E-state index in [1.807, 2.05) is 6.26 Å². The van der Waals surface area contributed by atoms with E-state index in [1.54, 1.807) is 25.9 Å². The minimum absolute atomic E-state index is 0. The minimum Gasteiger partial charge on any atom is -0.347 e. The van der Waals surface area contributed by atoms with Crippen LogP contribution >= 0.6 is 24.2 Å². The van der Waals surface area contributed by atoms with Crippen LogP contribution in [0.4, 0.5) is 0 Å². The molecule has 0 saturated heterocycles. The van der Waals surface area contributed by atoms with Crippen LogP contribution < -0.4 is 5.73 Å². The van der Waals surface area contributed by atoms with Crippen LogP contribution in [-0.4, -0.2) is 43.0 Å². The molecule has 0 aliphatic rings. The molecule has 0 aromatic rings. The number of thioether (sulfide) groups is 1. The number of amides is 1. The summed E-state index contributed by atoms with van der Waals surface area (Å²) in [6.45, 7) is 0. The summed E-state index contributed by atoms with van der Waals surface area (Å²) in [5.74, 6) is 0.958. The van der Waals surface area contributed by atoms with Gasteiger partial charge in [0.15, 0.2) is 0 Å². The molecule has 0 radical (unpaired) electrons. The summed E-state index contributed by atoms with van der Waals surface area (Å²) in [6.07, 6.45) is 2.77. The molecule has 12 heavy (non-hydrogen) atoms. The predicted octanol–water partition coefficient (Wildman–Crippen LogP) is 0.577. The predicted molar refractivity (Wildman–Crippen MR) is 56.9 cm³/mol. The number of likely N-dealkylation sites (N-methyl/N-ethyl adjacent to an activating group) is 1. The van der Waals surface area contributed by atoms with Gasteiger partial charge in [-0.25, -0.2) is 0 Å². The first-order valence-corrected chi connectivity index (χ1v) is 4.94.